The quantitative estimate of drug-likeness (QED) is 0.761. The first kappa shape index (κ1) is 19.6. The van der Waals surface area contributed by atoms with Gasteiger partial charge in [-0.05, 0) is 36.2 Å². The fourth-order valence-electron chi connectivity index (χ4n) is 2.31. The van der Waals surface area contributed by atoms with E-state index in [1.807, 2.05) is 18.2 Å². The molecule has 2 rings (SSSR count). The maximum atomic E-state index is 12.2. The van der Waals surface area contributed by atoms with Crippen LogP contribution in [0, 0.1) is 0 Å². The number of para-hydroxylation sites is 1. The molecule has 2 amide bonds. The third-order valence-corrected chi connectivity index (χ3v) is 4.67. The lowest BCUT2D eigenvalue weighted by Crippen LogP contribution is -2.35. The number of carbonyl (C=O) groups is 2. The number of amides is 2. The third-order valence-electron chi connectivity index (χ3n) is 3.74. The van der Waals surface area contributed by atoms with Crippen molar-refractivity contribution in [1.29, 1.82) is 0 Å². The summed E-state index contributed by atoms with van der Waals surface area (Å²) in [4.78, 5) is 25.5. The number of aryl methyl sites for hydroxylation is 1. The van der Waals surface area contributed by atoms with E-state index in [1.165, 1.54) is 17.0 Å². The first-order chi connectivity index (χ1) is 12.3. The number of hydrogen-bond donors (Lipinski definition) is 2. The van der Waals surface area contributed by atoms with Gasteiger partial charge < -0.3 is 10.2 Å². The molecular weight excluding hydrogens is 354 g/mol. The van der Waals surface area contributed by atoms with Gasteiger partial charge in [-0.3, -0.25) is 9.59 Å². The summed E-state index contributed by atoms with van der Waals surface area (Å²) in [6, 6.07) is 15.1. The molecule has 2 aromatic carbocycles. The largest absolute Gasteiger partial charge is 0.336 e. The minimum Gasteiger partial charge on any atom is -0.336 e. The van der Waals surface area contributed by atoms with Crippen molar-refractivity contribution in [2.45, 2.75) is 17.7 Å². The lowest BCUT2D eigenvalue weighted by Gasteiger charge is -2.17. The van der Waals surface area contributed by atoms with E-state index in [9.17, 15) is 18.0 Å². The van der Waals surface area contributed by atoms with Crippen LogP contribution < -0.4 is 10.5 Å². The molecule has 7 nitrogen and oxygen atoms in total. The van der Waals surface area contributed by atoms with Crippen molar-refractivity contribution in [3.05, 3.63) is 60.2 Å². The van der Waals surface area contributed by atoms with E-state index in [0.717, 1.165) is 5.56 Å². The molecular formula is C18H21N3O4S. The molecule has 0 atom stereocenters. The van der Waals surface area contributed by atoms with Crippen LogP contribution in [0.1, 0.15) is 12.0 Å². The topological polar surface area (TPSA) is 110 Å². The van der Waals surface area contributed by atoms with Crippen LogP contribution in [0.3, 0.4) is 0 Å². The van der Waals surface area contributed by atoms with Crippen molar-refractivity contribution in [3.63, 3.8) is 0 Å². The lowest BCUT2D eigenvalue weighted by molar-refractivity contribution is -0.133. The molecule has 0 spiro atoms. The highest BCUT2D eigenvalue weighted by molar-refractivity contribution is 7.89. The second-order valence-corrected chi connectivity index (χ2v) is 7.41. The maximum absolute atomic E-state index is 12.2. The number of nitrogens with one attached hydrogen (secondary N) is 1. The van der Waals surface area contributed by atoms with Gasteiger partial charge in [0.2, 0.25) is 21.8 Å². The number of nitrogens with two attached hydrogens (primary N) is 1. The summed E-state index contributed by atoms with van der Waals surface area (Å²) in [6.45, 7) is -0.0436. The van der Waals surface area contributed by atoms with E-state index >= 15 is 0 Å². The van der Waals surface area contributed by atoms with Crippen LogP contribution in [-0.4, -0.2) is 38.7 Å². The third kappa shape index (κ3) is 5.98. The predicted molar refractivity (Wildman–Crippen MR) is 98.8 cm³/mol. The van der Waals surface area contributed by atoms with Crippen LogP contribution in [-0.2, 0) is 26.0 Å². The molecule has 0 aromatic heterocycles. The second-order valence-electron chi connectivity index (χ2n) is 5.85. The summed E-state index contributed by atoms with van der Waals surface area (Å²) in [7, 11) is -2.16. The minimum absolute atomic E-state index is 0.0299. The van der Waals surface area contributed by atoms with Gasteiger partial charge in [-0.25, -0.2) is 13.6 Å². The molecule has 3 N–H and O–H groups in total. The number of anilines is 1. The first-order valence-electron chi connectivity index (χ1n) is 7.96. The number of primary sulfonamides is 1. The average molecular weight is 375 g/mol. The van der Waals surface area contributed by atoms with E-state index in [4.69, 9.17) is 5.14 Å². The van der Waals surface area contributed by atoms with Gasteiger partial charge in [-0.15, -0.1) is 0 Å². The van der Waals surface area contributed by atoms with E-state index in [0.29, 0.717) is 12.1 Å². The molecule has 138 valence electrons. The van der Waals surface area contributed by atoms with Gasteiger partial charge in [0.25, 0.3) is 0 Å². The molecule has 26 heavy (non-hydrogen) atoms. The number of likely N-dealkylation sites (N-methyl/N-ethyl adjacent to an activating group) is 1. The van der Waals surface area contributed by atoms with Crippen LogP contribution in [0.5, 0.6) is 0 Å². The number of rotatable bonds is 7. The van der Waals surface area contributed by atoms with Crippen LogP contribution in [0.15, 0.2) is 59.5 Å². The molecule has 0 fully saturated rings. The van der Waals surface area contributed by atoms with Gasteiger partial charge in [0, 0.05) is 19.2 Å². The molecule has 8 heteroatoms. The molecule has 0 aliphatic heterocycles. The Hall–Kier alpha value is -2.71. The van der Waals surface area contributed by atoms with E-state index in [-0.39, 0.29) is 29.7 Å². The summed E-state index contributed by atoms with van der Waals surface area (Å²) in [5, 5.41) is 7.76. The smallest absolute Gasteiger partial charge is 0.243 e. The zero-order chi connectivity index (χ0) is 19.2. The van der Waals surface area contributed by atoms with Crippen LogP contribution in [0.2, 0.25) is 0 Å². The summed E-state index contributed by atoms with van der Waals surface area (Å²) >= 11 is 0. The van der Waals surface area contributed by atoms with E-state index in [2.05, 4.69) is 5.32 Å². The van der Waals surface area contributed by atoms with E-state index in [1.54, 1.807) is 31.3 Å². The van der Waals surface area contributed by atoms with Crippen molar-refractivity contribution in [2.75, 3.05) is 18.9 Å². The van der Waals surface area contributed by atoms with Gasteiger partial charge >= 0.3 is 0 Å². The molecule has 0 aliphatic carbocycles. The second kappa shape index (κ2) is 8.59. The Bertz CT molecular complexity index is 865. The Balaban J connectivity index is 1.82. The van der Waals surface area contributed by atoms with Gasteiger partial charge in [0.15, 0.2) is 0 Å². The number of benzene rings is 2. The molecule has 0 radical (unpaired) electrons. The van der Waals surface area contributed by atoms with Gasteiger partial charge in [-0.2, -0.15) is 0 Å². The van der Waals surface area contributed by atoms with E-state index < -0.39 is 10.0 Å². The fraction of sp³-hybridized carbons (Fsp3) is 0.222. The Morgan fingerprint density at radius 2 is 1.65 bits per heavy atom. The zero-order valence-corrected chi connectivity index (χ0v) is 15.2. The Morgan fingerprint density at radius 3 is 2.23 bits per heavy atom. The standard InChI is InChI=1S/C18H21N3O4S/c1-21(13-17(22)20-15-5-3-2-4-6-15)18(23)12-9-14-7-10-16(11-8-14)26(19,24)25/h2-8,10-11H,9,12-13H2,1H3,(H,20,22)(H2,19,24,25). The van der Waals surface area contributed by atoms with Crippen LogP contribution >= 0.6 is 0 Å². The number of hydrogen-bond acceptors (Lipinski definition) is 4. The highest BCUT2D eigenvalue weighted by atomic mass is 32.2. The Labute approximate surface area is 152 Å². The predicted octanol–water partition coefficient (Wildman–Crippen LogP) is 1.36. The van der Waals surface area contributed by atoms with Gasteiger partial charge in [0.1, 0.15) is 0 Å². The molecule has 0 aliphatic rings. The monoisotopic (exact) mass is 375 g/mol. The van der Waals surface area contributed by atoms with Crippen molar-refractivity contribution >= 4 is 27.5 Å². The fourth-order valence-corrected chi connectivity index (χ4v) is 2.83. The van der Waals surface area contributed by atoms with Gasteiger partial charge in [-0.1, -0.05) is 30.3 Å². The molecule has 0 saturated heterocycles. The molecule has 0 saturated carbocycles. The van der Waals surface area contributed by atoms with Gasteiger partial charge in [0.05, 0.1) is 11.4 Å². The normalized spacial score (nSPS) is 11.0. The number of carbonyl (C=O) groups excluding carboxylic acids is 2. The zero-order valence-electron chi connectivity index (χ0n) is 14.4. The summed E-state index contributed by atoms with van der Waals surface area (Å²) in [5.41, 5.74) is 1.49. The van der Waals surface area contributed by atoms with Crippen LogP contribution in [0.25, 0.3) is 0 Å². The Morgan fingerprint density at radius 1 is 1.04 bits per heavy atom. The molecule has 0 bridgehead atoms. The highest BCUT2D eigenvalue weighted by Crippen LogP contribution is 2.11. The lowest BCUT2D eigenvalue weighted by atomic mass is 10.1. The summed E-state index contributed by atoms with van der Waals surface area (Å²) in [5.74, 6) is -0.451. The molecule has 2 aromatic rings. The summed E-state index contributed by atoms with van der Waals surface area (Å²) in [6.07, 6.45) is 0.651. The minimum atomic E-state index is -3.72. The SMILES string of the molecule is CN(CC(=O)Nc1ccccc1)C(=O)CCc1ccc(S(N)(=O)=O)cc1. The average Bonchev–Trinajstić information content (AvgIpc) is 2.60. The van der Waals surface area contributed by atoms with Crippen molar-refractivity contribution in [2.24, 2.45) is 5.14 Å². The van der Waals surface area contributed by atoms with Crippen molar-refractivity contribution in [3.8, 4) is 0 Å². The molecule has 0 heterocycles. The first-order valence-corrected chi connectivity index (χ1v) is 9.51. The number of sulfonamides is 1. The molecule has 0 unspecified atom stereocenters. The van der Waals surface area contributed by atoms with Crippen molar-refractivity contribution in [1.82, 2.24) is 4.90 Å². The van der Waals surface area contributed by atoms with Crippen LogP contribution in [0.4, 0.5) is 5.69 Å². The maximum Gasteiger partial charge on any atom is 0.243 e. The Kier molecular flexibility index (Phi) is 6.48. The number of nitrogens with zero attached hydrogens (tertiary/aromatic N) is 1. The highest BCUT2D eigenvalue weighted by Gasteiger charge is 2.13. The van der Waals surface area contributed by atoms with Crippen molar-refractivity contribution < 1.29 is 18.0 Å². The summed E-state index contributed by atoms with van der Waals surface area (Å²) < 4.78 is 22.4.